The van der Waals surface area contributed by atoms with E-state index in [1.165, 1.54) is 69.5 Å². The van der Waals surface area contributed by atoms with Crippen LogP contribution in [0.25, 0.3) is 32.7 Å². The van der Waals surface area contributed by atoms with Gasteiger partial charge in [-0.05, 0) is 5.56 Å². The molecule has 0 saturated heterocycles. The third-order valence-corrected chi connectivity index (χ3v) is 5.70. The van der Waals surface area contributed by atoms with E-state index in [9.17, 15) is 0 Å². The van der Waals surface area contributed by atoms with Gasteiger partial charge in [0.05, 0.1) is 0 Å². The molecule has 5 aromatic rings. The van der Waals surface area contributed by atoms with Gasteiger partial charge < -0.3 is 24.8 Å². The Balaban J connectivity index is 0. The number of hydrogen-bond donors (Lipinski definition) is 0. The maximum Gasteiger partial charge on any atom is 4.00 e. The van der Waals surface area contributed by atoms with Crippen molar-refractivity contribution in [2.24, 2.45) is 0 Å². The Labute approximate surface area is 260 Å². The van der Waals surface area contributed by atoms with Gasteiger partial charge in [-0.15, -0.1) is 75.1 Å². The van der Waals surface area contributed by atoms with Gasteiger partial charge in [-0.2, -0.15) is 12.1 Å². The normalized spacial score (nSPS) is 9.14. The topological polar surface area (TPSA) is 0 Å². The van der Waals surface area contributed by atoms with Crippen molar-refractivity contribution in [1.82, 2.24) is 0 Å². The summed E-state index contributed by atoms with van der Waals surface area (Å²) in [6.07, 6.45) is 5.54. The summed E-state index contributed by atoms with van der Waals surface area (Å²) in [5, 5.41) is 5.38. The van der Waals surface area contributed by atoms with Crippen LogP contribution in [-0.2, 0) is 26.2 Å². The van der Waals surface area contributed by atoms with Gasteiger partial charge >= 0.3 is 26.2 Å². The van der Waals surface area contributed by atoms with Gasteiger partial charge in [-0.25, -0.2) is 0 Å². The summed E-state index contributed by atoms with van der Waals surface area (Å²) in [6, 6.07) is 34.4. The minimum atomic E-state index is 0. The van der Waals surface area contributed by atoms with Crippen molar-refractivity contribution in [3.63, 3.8) is 0 Å². The molecule has 0 N–H and O–H groups in total. The van der Waals surface area contributed by atoms with Gasteiger partial charge in [0.25, 0.3) is 0 Å². The number of benzene rings is 3. The first-order valence-electron chi connectivity index (χ1n) is 12.5. The minimum Gasteiger partial charge on any atom is -1.00 e. The number of unbranched alkanes of at least 4 members (excludes halogenated alkanes) is 3. The molecule has 193 valence electrons. The zero-order chi connectivity index (χ0) is 24.8. The molecule has 0 saturated carbocycles. The zero-order valence-corrected chi connectivity index (χ0v) is 27.8. The van der Waals surface area contributed by atoms with Crippen LogP contribution in [0.3, 0.4) is 0 Å². The molecular formula is C33H39Cl2SiZr. The molecule has 4 heteroatoms. The third-order valence-electron chi connectivity index (χ3n) is 5.70. The second-order valence-electron chi connectivity index (χ2n) is 8.58. The van der Waals surface area contributed by atoms with Gasteiger partial charge in [-0.1, -0.05) is 108 Å². The molecule has 0 fully saturated rings. The molecule has 0 aliphatic rings. The number of rotatable bonds is 4. The maximum absolute atomic E-state index is 2.97. The molecule has 0 bridgehead atoms. The maximum atomic E-state index is 2.97. The van der Waals surface area contributed by atoms with E-state index in [1.54, 1.807) is 6.55 Å². The molecule has 0 aliphatic heterocycles. The second-order valence-corrected chi connectivity index (χ2v) is 8.58. The summed E-state index contributed by atoms with van der Waals surface area (Å²) in [6.45, 7) is 10.5. The summed E-state index contributed by atoms with van der Waals surface area (Å²) in [4.78, 5) is 0. The van der Waals surface area contributed by atoms with E-state index in [1.807, 2.05) is 0 Å². The van der Waals surface area contributed by atoms with E-state index in [4.69, 9.17) is 0 Å². The Morgan fingerprint density at radius 1 is 0.622 bits per heavy atom. The van der Waals surface area contributed by atoms with Crippen molar-refractivity contribution in [3.05, 3.63) is 108 Å². The van der Waals surface area contributed by atoms with Crippen LogP contribution in [0.15, 0.2) is 97.1 Å². The van der Waals surface area contributed by atoms with Crippen LogP contribution in [0.5, 0.6) is 0 Å². The third kappa shape index (κ3) is 12.3. The monoisotopic (exact) mass is 623 g/mol. The molecule has 0 aromatic heterocycles. The number of aryl methyl sites for hydroxylation is 2. The predicted molar refractivity (Wildman–Crippen MR) is 155 cm³/mol. The molecule has 0 heterocycles. The van der Waals surface area contributed by atoms with Crippen LogP contribution in [0.1, 0.15) is 50.7 Å². The predicted octanol–water partition coefficient (Wildman–Crippen LogP) is 4.20. The Bertz CT molecular complexity index is 1190. The van der Waals surface area contributed by atoms with E-state index in [-0.39, 0.29) is 51.0 Å². The number of halogens is 2. The first-order chi connectivity index (χ1) is 16.6. The molecule has 0 spiro atoms. The van der Waals surface area contributed by atoms with Crippen molar-refractivity contribution in [1.29, 1.82) is 0 Å². The Hall–Kier alpha value is -1.44. The molecule has 0 aliphatic carbocycles. The molecule has 0 atom stereocenters. The fourth-order valence-electron chi connectivity index (χ4n) is 4.06. The van der Waals surface area contributed by atoms with Crippen LogP contribution < -0.4 is 24.8 Å². The standard InChI is InChI=1S/C16H13.C10H9.C6H14.CH3Si.2ClH.Zr/c1-12-10-14-8-5-9-15(16(14)11-12)13-6-3-2-4-7-13;1-8-6-9-4-2-3-5-10(9)7-8;1-3-5-6-4-2;1-2;;;/h2-11H,1H3;2-7H,1H3;3-6H2,1-2H3;1H3;2*1H;/q2*-1;;;;;+4/p-2. The van der Waals surface area contributed by atoms with Gasteiger partial charge in [-0.3, -0.25) is 0 Å². The fourth-order valence-corrected chi connectivity index (χ4v) is 4.06. The van der Waals surface area contributed by atoms with Crippen LogP contribution in [-0.4, -0.2) is 10.2 Å². The van der Waals surface area contributed by atoms with Crippen LogP contribution in [0, 0.1) is 13.8 Å². The van der Waals surface area contributed by atoms with Crippen molar-refractivity contribution in [3.8, 4) is 11.1 Å². The van der Waals surface area contributed by atoms with Gasteiger partial charge in [0.15, 0.2) is 0 Å². The summed E-state index contributed by atoms with van der Waals surface area (Å²) in [5.74, 6) is 0. The van der Waals surface area contributed by atoms with E-state index < -0.39 is 0 Å². The van der Waals surface area contributed by atoms with Crippen LogP contribution in [0.4, 0.5) is 0 Å². The summed E-state index contributed by atoms with van der Waals surface area (Å²) in [7, 11) is 2.97. The summed E-state index contributed by atoms with van der Waals surface area (Å²) < 4.78 is 0. The Morgan fingerprint density at radius 3 is 1.73 bits per heavy atom. The second kappa shape index (κ2) is 21.5. The van der Waals surface area contributed by atoms with Crippen LogP contribution >= 0.6 is 0 Å². The summed E-state index contributed by atoms with van der Waals surface area (Å²) >= 11 is 0. The molecule has 5 rings (SSSR count). The average Bonchev–Trinajstić information content (AvgIpc) is 3.45. The zero-order valence-electron chi connectivity index (χ0n) is 22.8. The van der Waals surface area contributed by atoms with E-state index >= 15 is 0 Å². The van der Waals surface area contributed by atoms with Gasteiger partial charge in [0.1, 0.15) is 0 Å². The fraction of sp³-hybridized carbons (Fsp3) is 0.273. The Kier molecular flexibility index (Phi) is 21.9. The molecule has 0 unspecified atom stereocenters. The molecule has 37 heavy (non-hydrogen) atoms. The summed E-state index contributed by atoms with van der Waals surface area (Å²) in [5.41, 5.74) is 5.30. The van der Waals surface area contributed by atoms with Crippen LogP contribution in [0.2, 0.25) is 6.55 Å². The molecule has 3 radical (unpaired) electrons. The van der Waals surface area contributed by atoms with Gasteiger partial charge in [0.2, 0.25) is 0 Å². The number of fused-ring (bicyclic) bond motifs is 2. The van der Waals surface area contributed by atoms with Crippen molar-refractivity contribution >= 4 is 31.8 Å². The first-order valence-corrected chi connectivity index (χ1v) is 13.5. The SMILES string of the molecule is CCCCCC.C[Si].Cc1cc2c(-c3ccccc3)cccc2[cH-]1.Cc1cc2ccccc2[cH-]1.[Cl-].[Cl-].[Zr+4]. The largest absolute Gasteiger partial charge is 4.00 e. The molecular weight excluding hydrogens is 587 g/mol. The molecule has 5 aromatic carbocycles. The van der Waals surface area contributed by atoms with E-state index in [0.29, 0.717) is 0 Å². The molecule has 0 nitrogen and oxygen atoms in total. The Morgan fingerprint density at radius 2 is 1.14 bits per heavy atom. The van der Waals surface area contributed by atoms with Crippen molar-refractivity contribution < 1.29 is 51.0 Å². The number of hydrogen-bond acceptors (Lipinski definition) is 0. The van der Waals surface area contributed by atoms with Crippen molar-refractivity contribution in [2.75, 3.05) is 0 Å². The van der Waals surface area contributed by atoms with E-state index in [0.717, 1.165) is 0 Å². The van der Waals surface area contributed by atoms with Gasteiger partial charge in [0, 0.05) is 10.2 Å². The van der Waals surface area contributed by atoms with E-state index in [2.05, 4.69) is 135 Å². The first kappa shape index (κ1) is 37.7. The average molecular weight is 626 g/mol. The van der Waals surface area contributed by atoms with Crippen molar-refractivity contribution in [2.45, 2.75) is 59.9 Å². The molecule has 0 amide bonds. The quantitative estimate of drug-likeness (QED) is 0.160. The minimum absolute atomic E-state index is 0. The smallest absolute Gasteiger partial charge is 1.00 e.